The maximum Gasteiger partial charge on any atom is 0.410 e. The van der Waals surface area contributed by atoms with Gasteiger partial charge >= 0.3 is 12.1 Å². The summed E-state index contributed by atoms with van der Waals surface area (Å²) in [5, 5.41) is 9.82. The van der Waals surface area contributed by atoms with Crippen LogP contribution in [0.3, 0.4) is 0 Å². The van der Waals surface area contributed by atoms with Gasteiger partial charge in [0.05, 0.1) is 24.4 Å². The topological polar surface area (TPSA) is 114 Å². The maximum absolute atomic E-state index is 13.0. The predicted molar refractivity (Wildman–Crippen MR) is 119 cm³/mol. The van der Waals surface area contributed by atoms with E-state index in [9.17, 15) is 14.4 Å². The molecule has 2 aromatic rings. The second-order valence-electron chi connectivity index (χ2n) is 8.67. The first-order valence-electron chi connectivity index (χ1n) is 10.8. The SMILES string of the molecule is CCCCOC(=O)c1ccccc1NC(=O)c1n[nH]c2c1CN(C(=O)OC(C)(C)C)CC2. The second-order valence-corrected chi connectivity index (χ2v) is 8.67. The Morgan fingerprint density at radius 3 is 2.69 bits per heavy atom. The Kier molecular flexibility index (Phi) is 7.17. The number of H-pyrrole nitrogens is 1. The number of amides is 2. The minimum absolute atomic E-state index is 0.183. The van der Waals surface area contributed by atoms with Crippen LogP contribution in [0.25, 0.3) is 0 Å². The lowest BCUT2D eigenvalue weighted by atomic mass is 10.0. The number of para-hydroxylation sites is 1. The fourth-order valence-corrected chi connectivity index (χ4v) is 3.30. The number of ether oxygens (including phenoxy) is 2. The van der Waals surface area contributed by atoms with Crippen LogP contribution in [0.15, 0.2) is 24.3 Å². The number of aromatic amines is 1. The number of aromatic nitrogens is 2. The Morgan fingerprint density at radius 2 is 1.97 bits per heavy atom. The van der Waals surface area contributed by atoms with Crippen LogP contribution in [0.1, 0.15) is 72.6 Å². The minimum atomic E-state index is -0.608. The van der Waals surface area contributed by atoms with Gasteiger partial charge in [0.25, 0.3) is 5.91 Å². The lowest BCUT2D eigenvalue weighted by Crippen LogP contribution is -2.40. The molecular formula is C23H30N4O5. The van der Waals surface area contributed by atoms with Gasteiger partial charge in [0.1, 0.15) is 5.60 Å². The van der Waals surface area contributed by atoms with Gasteiger partial charge in [-0.2, -0.15) is 5.10 Å². The van der Waals surface area contributed by atoms with Gasteiger partial charge in [-0.1, -0.05) is 25.5 Å². The van der Waals surface area contributed by atoms with Crippen LogP contribution in [0.4, 0.5) is 10.5 Å². The van der Waals surface area contributed by atoms with E-state index in [0.717, 1.165) is 18.5 Å². The third-order valence-corrected chi connectivity index (χ3v) is 4.93. The van der Waals surface area contributed by atoms with Gasteiger partial charge < -0.3 is 19.7 Å². The Balaban J connectivity index is 1.74. The van der Waals surface area contributed by atoms with Crippen molar-refractivity contribution in [2.24, 2.45) is 0 Å². The summed E-state index contributed by atoms with van der Waals surface area (Å²) < 4.78 is 10.7. The highest BCUT2D eigenvalue weighted by atomic mass is 16.6. The van der Waals surface area contributed by atoms with E-state index < -0.39 is 23.6 Å². The number of unbranched alkanes of at least 4 members (excludes halogenated alkanes) is 1. The molecule has 0 radical (unpaired) electrons. The molecule has 1 aliphatic heterocycles. The molecule has 32 heavy (non-hydrogen) atoms. The molecular weight excluding hydrogens is 412 g/mol. The number of benzene rings is 1. The molecule has 0 aliphatic carbocycles. The Bertz CT molecular complexity index is 993. The first kappa shape index (κ1) is 23.3. The lowest BCUT2D eigenvalue weighted by Gasteiger charge is -2.30. The average molecular weight is 443 g/mol. The quantitative estimate of drug-likeness (QED) is 0.518. The van der Waals surface area contributed by atoms with E-state index in [4.69, 9.17) is 9.47 Å². The zero-order valence-electron chi connectivity index (χ0n) is 19.0. The number of anilines is 1. The van der Waals surface area contributed by atoms with E-state index in [1.807, 2.05) is 27.7 Å². The Hall–Kier alpha value is -3.36. The van der Waals surface area contributed by atoms with Crippen LogP contribution in [-0.2, 0) is 22.4 Å². The summed E-state index contributed by atoms with van der Waals surface area (Å²) >= 11 is 0. The fraction of sp³-hybridized carbons (Fsp3) is 0.478. The van der Waals surface area contributed by atoms with E-state index in [2.05, 4.69) is 15.5 Å². The molecule has 0 unspecified atom stereocenters. The van der Waals surface area contributed by atoms with Crippen LogP contribution in [0.2, 0.25) is 0 Å². The molecule has 3 rings (SSSR count). The van der Waals surface area contributed by atoms with Gasteiger partial charge in [0.2, 0.25) is 0 Å². The van der Waals surface area contributed by atoms with Crippen molar-refractivity contribution >= 4 is 23.7 Å². The lowest BCUT2D eigenvalue weighted by molar-refractivity contribution is 0.0222. The number of carbonyl (C=O) groups is 3. The molecule has 0 spiro atoms. The summed E-state index contributed by atoms with van der Waals surface area (Å²) in [5.74, 6) is -0.961. The number of carbonyl (C=O) groups excluding carboxylic acids is 3. The molecule has 2 amide bonds. The summed E-state index contributed by atoms with van der Waals surface area (Å²) in [7, 11) is 0. The highest BCUT2D eigenvalue weighted by molar-refractivity contribution is 6.07. The Labute approximate surface area is 187 Å². The van der Waals surface area contributed by atoms with E-state index >= 15 is 0 Å². The van der Waals surface area contributed by atoms with Crippen molar-refractivity contribution in [1.29, 1.82) is 0 Å². The van der Waals surface area contributed by atoms with Crippen LogP contribution >= 0.6 is 0 Å². The number of rotatable bonds is 6. The predicted octanol–water partition coefficient (Wildman–Crippen LogP) is 3.91. The summed E-state index contributed by atoms with van der Waals surface area (Å²) in [6.07, 6.45) is 1.79. The highest BCUT2D eigenvalue weighted by Crippen LogP contribution is 2.24. The number of fused-ring (bicyclic) bond motifs is 1. The monoisotopic (exact) mass is 442 g/mol. The molecule has 1 aromatic heterocycles. The molecule has 0 saturated carbocycles. The number of nitrogens with one attached hydrogen (secondary N) is 2. The average Bonchev–Trinajstić information content (AvgIpc) is 3.16. The smallest absolute Gasteiger partial charge is 0.410 e. The fourth-order valence-electron chi connectivity index (χ4n) is 3.30. The highest BCUT2D eigenvalue weighted by Gasteiger charge is 2.30. The van der Waals surface area contributed by atoms with Crippen molar-refractivity contribution < 1.29 is 23.9 Å². The standard InChI is InChI=1S/C23H30N4O5/c1-5-6-13-31-21(29)15-9-7-8-10-17(15)24-20(28)19-16-14-27(12-11-18(16)25-26-19)22(30)32-23(2,3)4/h7-10H,5-6,11-14H2,1-4H3,(H,24,28)(H,25,26). The molecule has 0 atom stereocenters. The molecule has 2 heterocycles. The van der Waals surface area contributed by atoms with Crippen LogP contribution in [0.5, 0.6) is 0 Å². The van der Waals surface area contributed by atoms with Crippen molar-refractivity contribution in [2.45, 2.75) is 59.1 Å². The zero-order chi connectivity index (χ0) is 23.3. The van der Waals surface area contributed by atoms with Crippen LogP contribution in [0, 0.1) is 0 Å². The largest absolute Gasteiger partial charge is 0.462 e. The van der Waals surface area contributed by atoms with Crippen molar-refractivity contribution in [3.05, 3.63) is 46.8 Å². The van der Waals surface area contributed by atoms with E-state index in [0.29, 0.717) is 30.8 Å². The molecule has 172 valence electrons. The molecule has 1 aliphatic rings. The molecule has 0 bridgehead atoms. The van der Waals surface area contributed by atoms with Crippen molar-refractivity contribution in [1.82, 2.24) is 15.1 Å². The van der Waals surface area contributed by atoms with Crippen molar-refractivity contribution in [3.63, 3.8) is 0 Å². The third-order valence-electron chi connectivity index (χ3n) is 4.93. The second kappa shape index (κ2) is 9.84. The minimum Gasteiger partial charge on any atom is -0.462 e. The van der Waals surface area contributed by atoms with Gasteiger partial charge in [-0.05, 0) is 39.3 Å². The van der Waals surface area contributed by atoms with Gasteiger partial charge in [-0.15, -0.1) is 0 Å². The van der Waals surface area contributed by atoms with Gasteiger partial charge in [0, 0.05) is 24.2 Å². The number of hydrogen-bond acceptors (Lipinski definition) is 6. The van der Waals surface area contributed by atoms with E-state index in [-0.39, 0.29) is 17.8 Å². The van der Waals surface area contributed by atoms with Crippen LogP contribution in [-0.4, -0.2) is 51.8 Å². The van der Waals surface area contributed by atoms with Crippen LogP contribution < -0.4 is 5.32 Å². The normalized spacial score (nSPS) is 13.3. The van der Waals surface area contributed by atoms with Gasteiger partial charge in [0.15, 0.2) is 5.69 Å². The first-order valence-corrected chi connectivity index (χ1v) is 10.8. The Morgan fingerprint density at radius 1 is 1.22 bits per heavy atom. The number of nitrogens with zero attached hydrogens (tertiary/aromatic N) is 2. The number of esters is 1. The maximum atomic E-state index is 13.0. The van der Waals surface area contributed by atoms with Gasteiger partial charge in [-0.3, -0.25) is 9.89 Å². The molecule has 0 saturated heterocycles. The zero-order valence-corrected chi connectivity index (χ0v) is 19.0. The summed E-state index contributed by atoms with van der Waals surface area (Å²) in [6, 6.07) is 6.68. The van der Waals surface area contributed by atoms with Crippen molar-refractivity contribution in [2.75, 3.05) is 18.5 Å². The van der Waals surface area contributed by atoms with E-state index in [1.165, 1.54) is 0 Å². The summed E-state index contributed by atoms with van der Waals surface area (Å²) in [6.45, 7) is 8.44. The molecule has 9 heteroatoms. The van der Waals surface area contributed by atoms with Crippen molar-refractivity contribution in [3.8, 4) is 0 Å². The first-order chi connectivity index (χ1) is 15.2. The summed E-state index contributed by atoms with van der Waals surface area (Å²) in [5.41, 5.74) is 1.64. The summed E-state index contributed by atoms with van der Waals surface area (Å²) in [4.78, 5) is 39.4. The molecule has 9 nitrogen and oxygen atoms in total. The molecule has 2 N–H and O–H groups in total. The van der Waals surface area contributed by atoms with Gasteiger partial charge in [-0.25, -0.2) is 9.59 Å². The molecule has 0 fully saturated rings. The van der Waals surface area contributed by atoms with E-state index in [1.54, 1.807) is 29.2 Å². The third kappa shape index (κ3) is 5.66. The number of hydrogen-bond donors (Lipinski definition) is 2. The molecule has 1 aromatic carbocycles.